The third kappa shape index (κ3) is 5.89. The second-order valence-electron chi connectivity index (χ2n) is 6.89. The quantitative estimate of drug-likeness (QED) is 0.187. The van der Waals surface area contributed by atoms with Crippen LogP contribution in [0.3, 0.4) is 0 Å². The Morgan fingerprint density at radius 1 is 1.07 bits per heavy atom. The molecule has 2 aromatic carbocycles. The lowest BCUT2D eigenvalue weighted by Crippen LogP contribution is -2.22. The van der Waals surface area contributed by atoms with Crippen LogP contribution in [-0.2, 0) is 4.74 Å². The summed E-state index contributed by atoms with van der Waals surface area (Å²) in [6.07, 6.45) is 2.77. The van der Waals surface area contributed by atoms with Gasteiger partial charge in [-0.05, 0) is 48.1 Å². The van der Waals surface area contributed by atoms with Crippen molar-refractivity contribution in [1.82, 2.24) is 0 Å². The summed E-state index contributed by atoms with van der Waals surface area (Å²) in [7, 11) is 0. The van der Waals surface area contributed by atoms with Gasteiger partial charge in [0.15, 0.2) is 23.6 Å². The van der Waals surface area contributed by atoms with Gasteiger partial charge in [-0.1, -0.05) is 30.3 Å². The van der Waals surface area contributed by atoms with Gasteiger partial charge in [0.1, 0.15) is 0 Å². The summed E-state index contributed by atoms with van der Waals surface area (Å²) in [6.45, 7) is 4.39. The molecule has 1 aliphatic rings. The van der Waals surface area contributed by atoms with E-state index in [9.17, 15) is 17.6 Å². The van der Waals surface area contributed by atoms with Crippen molar-refractivity contribution in [1.29, 1.82) is 0 Å². The Bertz CT molecular complexity index is 864. The van der Waals surface area contributed by atoms with Gasteiger partial charge in [-0.2, -0.15) is 20.5 Å². The van der Waals surface area contributed by atoms with E-state index in [1.807, 2.05) is 30.0 Å². The first-order valence-corrected chi connectivity index (χ1v) is 10.6. The lowest BCUT2D eigenvalue weighted by molar-refractivity contribution is 0.0629. The summed E-state index contributed by atoms with van der Waals surface area (Å²) >= 11 is 1.84. The summed E-state index contributed by atoms with van der Waals surface area (Å²) in [6, 6.07) is 9.65. The molecule has 7 heteroatoms. The molecule has 3 rings (SSSR count). The van der Waals surface area contributed by atoms with E-state index in [-0.39, 0.29) is 12.4 Å². The van der Waals surface area contributed by atoms with Crippen molar-refractivity contribution >= 4 is 11.8 Å². The molecule has 0 amide bonds. The van der Waals surface area contributed by atoms with Gasteiger partial charge in [-0.25, -0.2) is 8.78 Å². The molecule has 160 valence electrons. The van der Waals surface area contributed by atoms with Crippen LogP contribution in [0.2, 0.25) is 0 Å². The molecular formula is C23H22F4O2S. The molecule has 30 heavy (non-hydrogen) atoms. The van der Waals surface area contributed by atoms with Crippen LogP contribution >= 0.6 is 11.8 Å². The van der Waals surface area contributed by atoms with Gasteiger partial charge < -0.3 is 9.47 Å². The maximum atomic E-state index is 14.1. The highest BCUT2D eigenvalue weighted by Crippen LogP contribution is 2.40. The lowest BCUT2D eigenvalue weighted by Gasteiger charge is -2.28. The van der Waals surface area contributed by atoms with Crippen molar-refractivity contribution in [3.63, 3.8) is 0 Å². The van der Waals surface area contributed by atoms with E-state index >= 15 is 0 Å². The molecule has 2 nitrogen and oxygen atoms in total. The normalized spacial score (nSPS) is 18.7. The smallest absolute Gasteiger partial charge is 0.305 e. The Morgan fingerprint density at radius 3 is 2.33 bits per heavy atom. The van der Waals surface area contributed by atoms with Crippen LogP contribution in [-0.4, -0.2) is 18.5 Å². The summed E-state index contributed by atoms with van der Waals surface area (Å²) < 4.78 is 62.6. The van der Waals surface area contributed by atoms with Crippen molar-refractivity contribution in [2.75, 3.05) is 12.4 Å². The van der Waals surface area contributed by atoms with Crippen molar-refractivity contribution in [3.8, 4) is 16.9 Å². The summed E-state index contributed by atoms with van der Waals surface area (Å²) in [4.78, 5) is 0. The van der Waals surface area contributed by atoms with Crippen LogP contribution < -0.4 is 4.74 Å². The predicted molar refractivity (Wildman–Crippen MR) is 112 cm³/mol. The summed E-state index contributed by atoms with van der Waals surface area (Å²) in [5, 5.41) is 0.352. The number of thioether (sulfide) groups is 1. The van der Waals surface area contributed by atoms with Gasteiger partial charge >= 0.3 is 6.08 Å². The maximum Gasteiger partial charge on any atom is 0.305 e. The maximum absolute atomic E-state index is 14.1. The fraction of sp³-hybridized carbons (Fsp3) is 0.304. The summed E-state index contributed by atoms with van der Waals surface area (Å²) in [5.74, 6) is -2.02. The van der Waals surface area contributed by atoms with E-state index in [1.54, 1.807) is 12.1 Å². The van der Waals surface area contributed by atoms with Crippen molar-refractivity contribution in [3.05, 3.63) is 78.6 Å². The Balaban J connectivity index is 1.65. The van der Waals surface area contributed by atoms with Crippen LogP contribution in [0.4, 0.5) is 17.6 Å². The van der Waals surface area contributed by atoms with E-state index in [2.05, 4.69) is 11.3 Å². The van der Waals surface area contributed by atoms with Gasteiger partial charge in [0.25, 0.3) is 0 Å². The zero-order valence-corrected chi connectivity index (χ0v) is 17.1. The largest absolute Gasteiger partial charge is 0.453 e. The van der Waals surface area contributed by atoms with Crippen LogP contribution in [0.5, 0.6) is 5.75 Å². The van der Waals surface area contributed by atoms with Crippen LogP contribution in [0.15, 0.2) is 61.4 Å². The molecule has 0 aliphatic carbocycles. The van der Waals surface area contributed by atoms with Gasteiger partial charge in [-0.3, -0.25) is 0 Å². The molecule has 2 unspecified atom stereocenters. The SMILES string of the molecule is C=CCCOC1CCC(c2ccc(-c3cc(F)c(OC=C(F)F)c(F)c3)cc2)SC1. The highest BCUT2D eigenvalue weighted by Gasteiger charge is 2.23. The van der Waals surface area contributed by atoms with Gasteiger partial charge in [0, 0.05) is 11.0 Å². The monoisotopic (exact) mass is 438 g/mol. The van der Waals surface area contributed by atoms with E-state index in [1.165, 1.54) is 0 Å². The zero-order valence-electron chi connectivity index (χ0n) is 16.3. The van der Waals surface area contributed by atoms with Gasteiger partial charge in [-0.15, -0.1) is 6.58 Å². The molecule has 0 aromatic heterocycles. The molecule has 0 N–H and O–H groups in total. The first-order chi connectivity index (χ1) is 14.5. The molecule has 0 spiro atoms. The topological polar surface area (TPSA) is 18.5 Å². The second kappa shape index (κ2) is 10.7. The Labute approximate surface area is 177 Å². The molecule has 2 atom stereocenters. The minimum atomic E-state index is -2.18. The van der Waals surface area contributed by atoms with E-state index in [0.717, 1.165) is 42.7 Å². The van der Waals surface area contributed by atoms with E-state index < -0.39 is 23.5 Å². The fourth-order valence-electron chi connectivity index (χ4n) is 3.27. The van der Waals surface area contributed by atoms with Crippen LogP contribution in [0.25, 0.3) is 11.1 Å². The highest BCUT2D eigenvalue weighted by molar-refractivity contribution is 7.99. The van der Waals surface area contributed by atoms with Crippen molar-refractivity contribution in [2.45, 2.75) is 30.6 Å². The van der Waals surface area contributed by atoms with Crippen molar-refractivity contribution in [2.24, 2.45) is 0 Å². The Kier molecular flexibility index (Phi) is 7.99. The van der Waals surface area contributed by atoms with Crippen LogP contribution in [0, 0.1) is 11.6 Å². The molecule has 1 fully saturated rings. The number of hydrogen-bond acceptors (Lipinski definition) is 3. The molecule has 1 heterocycles. The minimum absolute atomic E-state index is 0.00680. The number of halogens is 4. The third-order valence-corrected chi connectivity index (χ3v) is 6.26. The average molecular weight is 438 g/mol. The van der Waals surface area contributed by atoms with Crippen LogP contribution in [0.1, 0.15) is 30.1 Å². The Hall–Kier alpha value is -2.25. The summed E-state index contributed by atoms with van der Waals surface area (Å²) in [5.41, 5.74) is 2.08. The first kappa shape index (κ1) is 22.4. The molecule has 1 saturated heterocycles. The minimum Gasteiger partial charge on any atom is -0.453 e. The number of ether oxygens (including phenoxy) is 2. The van der Waals surface area contributed by atoms with Crippen molar-refractivity contribution < 1.29 is 27.0 Å². The molecule has 1 aliphatic heterocycles. The fourth-order valence-corrected chi connectivity index (χ4v) is 4.63. The van der Waals surface area contributed by atoms with Gasteiger partial charge in [0.05, 0.1) is 12.7 Å². The number of rotatable bonds is 8. The third-order valence-electron chi connectivity index (χ3n) is 4.79. The zero-order chi connectivity index (χ0) is 21.5. The van der Waals surface area contributed by atoms with E-state index in [4.69, 9.17) is 4.74 Å². The van der Waals surface area contributed by atoms with E-state index in [0.29, 0.717) is 23.0 Å². The Morgan fingerprint density at radius 2 is 1.77 bits per heavy atom. The predicted octanol–water partition coefficient (Wildman–Crippen LogP) is 7.28. The second-order valence-corrected chi connectivity index (χ2v) is 8.12. The first-order valence-electron chi connectivity index (χ1n) is 9.59. The van der Waals surface area contributed by atoms with Gasteiger partial charge in [0.2, 0.25) is 0 Å². The number of benzene rings is 2. The lowest BCUT2D eigenvalue weighted by atomic mass is 10.00. The molecule has 0 saturated carbocycles. The molecule has 0 bridgehead atoms. The molecular weight excluding hydrogens is 416 g/mol. The molecule has 2 aromatic rings. The standard InChI is InChI=1S/C23H22F4O2S/c1-2-3-10-28-18-8-9-21(30-14-18)16-6-4-15(5-7-16)17-11-19(24)23(20(25)12-17)29-13-22(26)27/h2,4-7,11-13,18,21H,1,3,8-10,14H2. The molecule has 0 radical (unpaired) electrons. The number of hydrogen-bond donors (Lipinski definition) is 0. The highest BCUT2D eigenvalue weighted by atomic mass is 32.2. The average Bonchev–Trinajstić information content (AvgIpc) is 2.74.